The zero-order valence-electron chi connectivity index (χ0n) is 20.3. The third-order valence-corrected chi connectivity index (χ3v) is 7.09. The summed E-state index contributed by atoms with van der Waals surface area (Å²) in [6.45, 7) is 7.15. The lowest BCUT2D eigenvalue weighted by molar-refractivity contribution is 0.0690. The first-order valence-corrected chi connectivity index (χ1v) is 11.7. The van der Waals surface area contributed by atoms with Crippen molar-refractivity contribution in [2.45, 2.75) is 32.9 Å². The fourth-order valence-electron chi connectivity index (χ4n) is 4.28. The van der Waals surface area contributed by atoms with Crippen molar-refractivity contribution in [2.75, 3.05) is 36.1 Å². The number of amides is 1. The summed E-state index contributed by atoms with van der Waals surface area (Å²) in [6.07, 6.45) is 1.28. The van der Waals surface area contributed by atoms with E-state index in [0.717, 1.165) is 18.8 Å². The number of carboxylic acids is 1. The Hall–Kier alpha value is -3.70. The molecule has 36 heavy (non-hydrogen) atoms. The number of hydrogen-bond donors (Lipinski definition) is 3. The van der Waals surface area contributed by atoms with Gasteiger partial charge >= 0.3 is 5.97 Å². The Morgan fingerprint density at radius 3 is 2.50 bits per heavy atom. The van der Waals surface area contributed by atoms with Crippen LogP contribution in [-0.2, 0) is 0 Å². The highest BCUT2D eigenvalue weighted by Gasteiger charge is 2.29. The highest BCUT2D eigenvalue weighted by molar-refractivity contribution is 6.35. The third kappa shape index (κ3) is 4.71. The Kier molecular flexibility index (Phi) is 6.87. The van der Waals surface area contributed by atoms with Crippen LogP contribution in [0.5, 0.6) is 0 Å². The monoisotopic (exact) mass is 515 g/mol. The fourth-order valence-corrected chi connectivity index (χ4v) is 4.51. The van der Waals surface area contributed by atoms with Gasteiger partial charge in [-0.1, -0.05) is 16.8 Å². The molecule has 0 unspecified atom stereocenters. The second-order valence-corrected chi connectivity index (χ2v) is 9.42. The lowest BCUT2D eigenvalue weighted by Crippen LogP contribution is -2.55. The maximum absolute atomic E-state index is 14.2. The maximum atomic E-state index is 14.2. The van der Waals surface area contributed by atoms with Crippen LogP contribution in [0.3, 0.4) is 0 Å². The maximum Gasteiger partial charge on any atom is 0.358 e. The molecule has 1 amide bonds. The predicted molar refractivity (Wildman–Crippen MR) is 136 cm³/mol. The van der Waals surface area contributed by atoms with Gasteiger partial charge in [0, 0.05) is 30.7 Å². The van der Waals surface area contributed by atoms with Crippen LogP contribution >= 0.6 is 11.6 Å². The minimum atomic E-state index is -1.20. The molecule has 4 N–H and O–H groups in total. The van der Waals surface area contributed by atoms with E-state index in [-0.39, 0.29) is 39.6 Å². The Labute approximate surface area is 212 Å². The third-order valence-electron chi connectivity index (χ3n) is 6.60. The Bertz CT molecular complexity index is 1330. The largest absolute Gasteiger partial charge is 0.476 e. The number of aromatic nitrogens is 3. The lowest BCUT2D eigenvalue weighted by Gasteiger charge is -2.44. The minimum absolute atomic E-state index is 0.0267. The summed E-state index contributed by atoms with van der Waals surface area (Å²) in [5.74, 6) is -2.43. The number of rotatable bonds is 5. The lowest BCUT2D eigenvalue weighted by atomic mass is 10.1. The van der Waals surface area contributed by atoms with Crippen LogP contribution in [0, 0.1) is 12.7 Å². The number of nitrogens with two attached hydrogens (primary N) is 1. The van der Waals surface area contributed by atoms with Crippen molar-refractivity contribution < 1.29 is 19.1 Å². The number of carboxylic acid groups (broad SMARTS) is 1. The first kappa shape index (κ1) is 25.4. The molecule has 1 saturated heterocycles. The summed E-state index contributed by atoms with van der Waals surface area (Å²) in [5.41, 5.74) is 7.18. The number of halogens is 2. The molecule has 1 fully saturated rings. The molecular formula is C24H27ClFN7O3. The van der Waals surface area contributed by atoms with Gasteiger partial charge in [0.15, 0.2) is 11.5 Å². The molecule has 0 aliphatic carbocycles. The standard InChI is InChI=1S/C24H27ClFN7O3/c1-12-9-32(10-13(2)31(12)4)20-6-5-15(33-11-19(24(35)36)29-30-33)7-18(20)28-23(34)16-8-17(27)22(26)14(3)21(16)25/h5-8,11-13H,9-10,27H2,1-4H3,(H,28,34)(H,35,36)/t12-,13+. The van der Waals surface area contributed by atoms with E-state index in [1.165, 1.54) is 23.9 Å². The quantitative estimate of drug-likeness (QED) is 0.441. The predicted octanol–water partition coefficient (Wildman–Crippen LogP) is 3.43. The summed E-state index contributed by atoms with van der Waals surface area (Å²) >= 11 is 6.28. The highest BCUT2D eigenvalue weighted by atomic mass is 35.5. The summed E-state index contributed by atoms with van der Waals surface area (Å²) in [7, 11) is 2.08. The number of nitrogen functional groups attached to an aromatic ring is 1. The molecule has 1 aliphatic heterocycles. The number of aromatic carboxylic acids is 1. The average molecular weight is 516 g/mol. The molecule has 2 heterocycles. The van der Waals surface area contributed by atoms with Gasteiger partial charge in [0.25, 0.3) is 5.91 Å². The van der Waals surface area contributed by atoms with Gasteiger partial charge in [-0.05, 0) is 52.1 Å². The number of anilines is 3. The second kappa shape index (κ2) is 9.75. The SMILES string of the molecule is Cc1c(F)c(N)cc(C(=O)Nc2cc(-n3cc(C(=O)O)nn3)ccc2N2C[C@@H](C)N(C)[C@@H](C)C2)c1Cl. The van der Waals surface area contributed by atoms with E-state index >= 15 is 0 Å². The van der Waals surface area contributed by atoms with Crippen molar-refractivity contribution >= 4 is 40.5 Å². The molecule has 2 aromatic carbocycles. The van der Waals surface area contributed by atoms with Crippen LogP contribution in [0.1, 0.15) is 40.3 Å². The Balaban J connectivity index is 1.76. The first-order chi connectivity index (χ1) is 17.0. The van der Waals surface area contributed by atoms with Gasteiger partial charge in [-0.3, -0.25) is 9.69 Å². The number of piperazine rings is 1. The van der Waals surface area contributed by atoms with Gasteiger partial charge < -0.3 is 21.1 Å². The summed E-state index contributed by atoms with van der Waals surface area (Å²) < 4.78 is 15.5. The zero-order chi connectivity index (χ0) is 26.3. The van der Waals surface area contributed by atoms with Crippen molar-refractivity contribution in [1.82, 2.24) is 19.9 Å². The zero-order valence-corrected chi connectivity index (χ0v) is 21.0. The van der Waals surface area contributed by atoms with Gasteiger partial charge in [0.05, 0.1) is 39.5 Å². The molecule has 0 spiro atoms. The van der Waals surface area contributed by atoms with Crippen LogP contribution in [0.25, 0.3) is 5.69 Å². The molecule has 1 aliphatic rings. The van der Waals surface area contributed by atoms with E-state index in [0.29, 0.717) is 11.4 Å². The molecule has 1 aromatic heterocycles. The number of carbonyl (C=O) groups excluding carboxylic acids is 1. The van der Waals surface area contributed by atoms with Crippen molar-refractivity contribution in [3.8, 4) is 5.69 Å². The van der Waals surface area contributed by atoms with Crippen LogP contribution in [0.2, 0.25) is 5.02 Å². The van der Waals surface area contributed by atoms with Crippen molar-refractivity contribution in [3.05, 3.63) is 58.1 Å². The minimum Gasteiger partial charge on any atom is -0.476 e. The molecule has 2 atom stereocenters. The van der Waals surface area contributed by atoms with Crippen molar-refractivity contribution in [2.24, 2.45) is 0 Å². The second-order valence-electron chi connectivity index (χ2n) is 9.04. The van der Waals surface area contributed by atoms with Gasteiger partial charge in [-0.2, -0.15) is 0 Å². The Morgan fingerprint density at radius 2 is 1.89 bits per heavy atom. The Morgan fingerprint density at radius 1 is 1.22 bits per heavy atom. The topological polar surface area (TPSA) is 130 Å². The molecule has 3 aromatic rings. The molecule has 12 heteroatoms. The van der Waals surface area contributed by atoms with Gasteiger partial charge in [-0.25, -0.2) is 13.9 Å². The first-order valence-electron chi connectivity index (χ1n) is 11.3. The van der Waals surface area contributed by atoms with E-state index in [9.17, 15) is 19.1 Å². The number of nitrogens with zero attached hydrogens (tertiary/aromatic N) is 5. The van der Waals surface area contributed by atoms with Crippen LogP contribution in [0.15, 0.2) is 30.5 Å². The van der Waals surface area contributed by atoms with E-state index in [1.54, 1.807) is 12.1 Å². The van der Waals surface area contributed by atoms with Crippen molar-refractivity contribution in [3.63, 3.8) is 0 Å². The molecule has 190 valence electrons. The highest BCUT2D eigenvalue weighted by Crippen LogP contribution is 2.33. The summed E-state index contributed by atoms with van der Waals surface area (Å²) in [4.78, 5) is 29.0. The van der Waals surface area contributed by atoms with Crippen LogP contribution in [-0.4, -0.2) is 69.1 Å². The van der Waals surface area contributed by atoms with E-state index in [1.807, 2.05) is 6.07 Å². The smallest absolute Gasteiger partial charge is 0.358 e. The molecule has 0 bridgehead atoms. The fraction of sp³-hybridized carbons (Fsp3) is 0.333. The van der Waals surface area contributed by atoms with Gasteiger partial charge in [0.2, 0.25) is 0 Å². The number of nitrogens with one attached hydrogen (secondary N) is 1. The number of hydrogen-bond acceptors (Lipinski definition) is 7. The summed E-state index contributed by atoms with van der Waals surface area (Å²) in [5, 5.41) is 19.6. The molecule has 0 radical (unpaired) electrons. The number of likely N-dealkylation sites (N-methyl/N-ethyl adjacent to an activating group) is 1. The normalized spacial score (nSPS) is 18.3. The molecule has 10 nitrogen and oxygen atoms in total. The van der Waals surface area contributed by atoms with Gasteiger partial charge in [0.1, 0.15) is 0 Å². The number of carbonyl (C=O) groups is 2. The molecule has 4 rings (SSSR count). The van der Waals surface area contributed by atoms with E-state index in [4.69, 9.17) is 17.3 Å². The molecule has 0 saturated carbocycles. The van der Waals surface area contributed by atoms with E-state index < -0.39 is 17.7 Å². The summed E-state index contributed by atoms with van der Waals surface area (Å²) in [6, 6.07) is 7.02. The molecular weight excluding hydrogens is 489 g/mol. The average Bonchev–Trinajstić information content (AvgIpc) is 3.34. The van der Waals surface area contributed by atoms with Crippen molar-refractivity contribution in [1.29, 1.82) is 0 Å². The van der Waals surface area contributed by atoms with Crippen LogP contribution < -0.4 is 16.0 Å². The van der Waals surface area contributed by atoms with E-state index in [2.05, 4.69) is 46.3 Å². The van der Waals surface area contributed by atoms with Gasteiger partial charge in [-0.15, -0.1) is 5.10 Å². The van der Waals surface area contributed by atoms with Crippen LogP contribution in [0.4, 0.5) is 21.5 Å². The number of benzene rings is 2.